The van der Waals surface area contributed by atoms with Gasteiger partial charge in [-0.2, -0.15) is 0 Å². The van der Waals surface area contributed by atoms with Crippen LogP contribution in [0.4, 0.5) is 0 Å². The van der Waals surface area contributed by atoms with Gasteiger partial charge in [0.05, 0.1) is 0 Å². The minimum atomic E-state index is -0.187. The van der Waals surface area contributed by atoms with Gasteiger partial charge >= 0.3 is 0 Å². The number of carbonyl (C=O) groups is 2. The van der Waals surface area contributed by atoms with Gasteiger partial charge in [0.25, 0.3) is 0 Å². The Morgan fingerprint density at radius 2 is 1.38 bits per heavy atom. The van der Waals surface area contributed by atoms with Crippen molar-refractivity contribution in [1.82, 2.24) is 0 Å². The molecule has 0 amide bonds. The molecule has 0 fully saturated rings. The molecule has 0 atom stereocenters. The number of rotatable bonds is 2. The second-order valence-electron chi connectivity index (χ2n) is 1.37. The van der Waals surface area contributed by atoms with E-state index in [0.717, 1.165) is 6.42 Å². The predicted octanol–water partition coefficient (Wildman–Crippen LogP) is 0.366. The minimum Gasteiger partial charge on any atom is -0.334 e. The van der Waals surface area contributed by atoms with Crippen molar-refractivity contribution >= 4 is 11.6 Å². The number of hydrogen-bond donors (Lipinski definition) is 0. The molecule has 0 radical (unpaired) electrons. The monoisotopic (exact) mass is 151 g/mol. The molecule has 0 unspecified atom stereocenters. The van der Waals surface area contributed by atoms with Crippen LogP contribution in [0.2, 0.25) is 0 Å². The Morgan fingerprint density at radius 3 is 1.38 bits per heavy atom. The molecule has 0 aliphatic heterocycles. The second kappa shape index (κ2) is 4.89. The van der Waals surface area contributed by atoms with Gasteiger partial charge in [-0.3, -0.25) is 6.42 Å². The van der Waals surface area contributed by atoms with Gasteiger partial charge in [0.1, 0.15) is 0 Å². The number of carbonyl (C=O) groups excluding carboxylic acids is 2. The summed E-state index contributed by atoms with van der Waals surface area (Å²) in [6.45, 7) is 2.70. The van der Waals surface area contributed by atoms with Crippen LogP contribution in [0, 0.1) is 6.42 Å². The third kappa shape index (κ3) is 9.22. The van der Waals surface area contributed by atoms with Crippen molar-refractivity contribution in [2.75, 3.05) is 0 Å². The molecule has 0 aromatic rings. The smallest absolute Gasteiger partial charge is 0.00219 e. The zero-order valence-corrected chi connectivity index (χ0v) is 6.08. The van der Waals surface area contributed by atoms with Gasteiger partial charge in [0.2, 0.25) is 0 Å². The van der Waals surface area contributed by atoms with Gasteiger partial charge in [-0.15, -0.1) is 0 Å². The molecule has 3 heteroatoms. The van der Waals surface area contributed by atoms with Crippen LogP contribution in [-0.2, 0) is 27.0 Å². The van der Waals surface area contributed by atoms with Crippen LogP contribution in [0.3, 0.4) is 0 Å². The Hall–Kier alpha value is -0.258. The maximum atomic E-state index is 9.98. The normalized spacial score (nSPS) is 6.75. The topological polar surface area (TPSA) is 34.1 Å². The Morgan fingerprint density at radius 1 is 1.12 bits per heavy atom. The van der Waals surface area contributed by atoms with Crippen molar-refractivity contribution < 1.29 is 27.0 Å². The molecule has 0 aromatic heterocycles. The Kier molecular flexibility index (Phi) is 6.53. The van der Waals surface area contributed by atoms with E-state index in [1.807, 2.05) is 0 Å². The fourth-order valence-electron chi connectivity index (χ4n) is 0.286. The van der Waals surface area contributed by atoms with Gasteiger partial charge in [-0.25, -0.2) is 0 Å². The second-order valence-corrected chi connectivity index (χ2v) is 1.37. The maximum absolute atomic E-state index is 9.98. The summed E-state index contributed by atoms with van der Waals surface area (Å²) < 4.78 is 0. The number of hydrogen-bond acceptors (Lipinski definition) is 2. The molecule has 0 spiro atoms. The summed E-state index contributed by atoms with van der Waals surface area (Å²) in [6, 6.07) is 0. The van der Waals surface area contributed by atoms with E-state index in [9.17, 15) is 9.59 Å². The van der Waals surface area contributed by atoms with Gasteiger partial charge < -0.3 is 9.59 Å². The van der Waals surface area contributed by atoms with E-state index in [-0.39, 0.29) is 28.9 Å². The van der Waals surface area contributed by atoms with Crippen LogP contribution in [0.5, 0.6) is 0 Å². The number of Topliss-reactive ketones (excluding diaryl/α,β-unsaturated/α-hetero) is 2. The van der Waals surface area contributed by atoms with Gasteiger partial charge in [0, 0.05) is 28.9 Å². The average molecular weight is 151 g/mol. The molecule has 0 heterocycles. The summed E-state index contributed by atoms with van der Waals surface area (Å²) in [5.41, 5.74) is 0. The maximum Gasteiger partial charge on any atom is 0.00219 e. The van der Waals surface area contributed by atoms with Crippen LogP contribution >= 0.6 is 0 Å². The van der Waals surface area contributed by atoms with Crippen LogP contribution in [0.1, 0.15) is 13.8 Å². The zero-order chi connectivity index (χ0) is 5.86. The van der Waals surface area contributed by atoms with E-state index >= 15 is 0 Å². The molecule has 2 nitrogen and oxygen atoms in total. The first-order valence-corrected chi connectivity index (χ1v) is 1.99. The van der Waals surface area contributed by atoms with Crippen molar-refractivity contribution in [2.24, 2.45) is 0 Å². The van der Waals surface area contributed by atoms with E-state index in [4.69, 9.17) is 0 Å². The SMILES string of the molecule is CC(=O)[CH-]C(C)=O.[Cr]. The summed E-state index contributed by atoms with van der Waals surface area (Å²) in [5.74, 6) is -0.375. The molecular weight excluding hydrogens is 144 g/mol. The van der Waals surface area contributed by atoms with E-state index in [2.05, 4.69) is 0 Å². The van der Waals surface area contributed by atoms with Crippen molar-refractivity contribution in [2.45, 2.75) is 13.8 Å². The molecular formula is C5H7CrO2-. The van der Waals surface area contributed by atoms with Gasteiger partial charge in [-0.05, 0) is 13.8 Å². The number of ketones is 2. The van der Waals surface area contributed by atoms with E-state index in [0.29, 0.717) is 0 Å². The Labute approximate surface area is 59.4 Å². The quantitative estimate of drug-likeness (QED) is 0.422. The molecule has 0 aliphatic carbocycles. The molecule has 0 aromatic carbocycles. The minimum absolute atomic E-state index is 0. The third-order valence-electron chi connectivity index (χ3n) is 0.407. The summed E-state index contributed by atoms with van der Waals surface area (Å²) in [7, 11) is 0. The molecule has 0 bridgehead atoms. The third-order valence-corrected chi connectivity index (χ3v) is 0.407. The van der Waals surface area contributed by atoms with Crippen molar-refractivity contribution in [1.29, 1.82) is 0 Å². The largest absolute Gasteiger partial charge is 0.334 e. The van der Waals surface area contributed by atoms with Crippen molar-refractivity contribution in [3.05, 3.63) is 6.42 Å². The van der Waals surface area contributed by atoms with Crippen LogP contribution in [0.25, 0.3) is 0 Å². The van der Waals surface area contributed by atoms with Gasteiger partial charge in [-0.1, -0.05) is 0 Å². The fourth-order valence-corrected chi connectivity index (χ4v) is 0.286. The van der Waals surface area contributed by atoms with Crippen molar-refractivity contribution in [3.63, 3.8) is 0 Å². The molecule has 0 rings (SSSR count). The Balaban J connectivity index is 0. The Bertz CT molecular complexity index is 86.6. The standard InChI is InChI=1S/C5H7O2.Cr/c1-4(6)3-5(2)7;/h3H,1-2H3;/q-1;. The van der Waals surface area contributed by atoms with Crippen LogP contribution in [0.15, 0.2) is 0 Å². The summed E-state index contributed by atoms with van der Waals surface area (Å²) in [4.78, 5) is 20.0. The van der Waals surface area contributed by atoms with Crippen LogP contribution < -0.4 is 0 Å². The molecule has 46 valence electrons. The van der Waals surface area contributed by atoms with E-state index < -0.39 is 0 Å². The molecule has 0 N–H and O–H groups in total. The predicted molar refractivity (Wildman–Crippen MR) is 25.7 cm³/mol. The van der Waals surface area contributed by atoms with E-state index in [1.54, 1.807) is 0 Å². The fraction of sp³-hybridized carbons (Fsp3) is 0.400. The van der Waals surface area contributed by atoms with E-state index in [1.165, 1.54) is 13.8 Å². The first-order valence-electron chi connectivity index (χ1n) is 1.99. The summed E-state index contributed by atoms with van der Waals surface area (Å²) in [5, 5.41) is 0. The van der Waals surface area contributed by atoms with Gasteiger partial charge in [0.15, 0.2) is 0 Å². The van der Waals surface area contributed by atoms with Crippen LogP contribution in [-0.4, -0.2) is 11.6 Å². The summed E-state index contributed by atoms with van der Waals surface area (Å²) >= 11 is 0. The first kappa shape index (κ1) is 10.7. The molecule has 0 saturated heterocycles. The zero-order valence-electron chi connectivity index (χ0n) is 4.80. The molecule has 0 saturated carbocycles. The molecule has 8 heavy (non-hydrogen) atoms. The van der Waals surface area contributed by atoms with Crippen molar-refractivity contribution in [3.8, 4) is 0 Å². The summed E-state index contributed by atoms with van der Waals surface area (Å²) in [6.07, 6.45) is 1.06. The average Bonchev–Trinajstić information content (AvgIpc) is 1.27. The first-order chi connectivity index (χ1) is 3.13. The molecule has 0 aliphatic rings.